The lowest BCUT2D eigenvalue weighted by molar-refractivity contribution is 0.321. The molecule has 0 spiro atoms. The van der Waals surface area contributed by atoms with E-state index in [-0.39, 0.29) is 0 Å². The molecule has 3 unspecified atom stereocenters. The van der Waals surface area contributed by atoms with E-state index < -0.39 is 0 Å². The Balaban J connectivity index is 1.49. The second-order valence-electron chi connectivity index (χ2n) is 9.29. The van der Waals surface area contributed by atoms with Gasteiger partial charge in [-0.3, -0.25) is 0 Å². The van der Waals surface area contributed by atoms with Crippen LogP contribution in [-0.4, -0.2) is 13.1 Å². The van der Waals surface area contributed by atoms with E-state index in [1.54, 1.807) is 11.1 Å². The fourth-order valence-corrected chi connectivity index (χ4v) is 5.66. The number of nitrogens with zero attached hydrogens (tertiary/aromatic N) is 1. The number of anilines is 1. The molecule has 1 nitrogen and oxygen atoms in total. The summed E-state index contributed by atoms with van der Waals surface area (Å²) in [5, 5.41) is 0. The van der Waals surface area contributed by atoms with Crippen molar-refractivity contribution in [2.24, 2.45) is 17.8 Å². The molecule has 1 heterocycles. The molecule has 1 aliphatic heterocycles. The summed E-state index contributed by atoms with van der Waals surface area (Å²) in [6.45, 7) is 9.11. The van der Waals surface area contributed by atoms with Crippen molar-refractivity contribution in [1.29, 1.82) is 0 Å². The van der Waals surface area contributed by atoms with Gasteiger partial charge in [0.15, 0.2) is 0 Å². The van der Waals surface area contributed by atoms with Crippen molar-refractivity contribution in [1.82, 2.24) is 0 Å². The maximum Gasteiger partial charge on any atom is 0.0366 e. The molecule has 1 aliphatic carbocycles. The van der Waals surface area contributed by atoms with Crippen LogP contribution in [-0.2, 0) is 6.42 Å². The predicted molar refractivity (Wildman–Crippen MR) is 125 cm³/mol. The molecule has 0 N–H and O–H groups in total. The Morgan fingerprint density at radius 3 is 2.45 bits per heavy atom. The zero-order chi connectivity index (χ0) is 20.4. The second kappa shape index (κ2) is 8.66. The molecule has 0 amide bonds. The third-order valence-corrected chi connectivity index (χ3v) is 7.45. The minimum absolute atomic E-state index is 0.455. The molecule has 0 saturated carbocycles. The molecule has 2 aromatic carbocycles. The molecule has 1 fully saturated rings. The molecule has 2 aliphatic rings. The van der Waals surface area contributed by atoms with Gasteiger partial charge in [0.1, 0.15) is 0 Å². The lowest BCUT2D eigenvalue weighted by Crippen LogP contribution is -2.35. The van der Waals surface area contributed by atoms with Crippen LogP contribution in [0.3, 0.4) is 0 Å². The van der Waals surface area contributed by atoms with Crippen LogP contribution < -0.4 is 4.90 Å². The van der Waals surface area contributed by atoms with Crippen LogP contribution in [0.25, 0.3) is 0 Å². The zero-order valence-electron chi connectivity index (χ0n) is 18.3. The van der Waals surface area contributed by atoms with Gasteiger partial charge in [-0.25, -0.2) is 0 Å². The number of aryl methyl sites for hydroxylation is 2. The van der Waals surface area contributed by atoms with Gasteiger partial charge in [-0.05, 0) is 79.7 Å². The summed E-state index contributed by atoms with van der Waals surface area (Å²) in [5.41, 5.74) is 7.32. The van der Waals surface area contributed by atoms with Crippen LogP contribution in [0, 0.1) is 37.0 Å². The molecule has 0 bridgehead atoms. The first-order valence-corrected chi connectivity index (χ1v) is 11.5. The Kier molecular flexibility index (Phi) is 6.00. The number of rotatable bonds is 4. The van der Waals surface area contributed by atoms with Gasteiger partial charge >= 0.3 is 0 Å². The fourth-order valence-electron chi connectivity index (χ4n) is 5.66. The summed E-state index contributed by atoms with van der Waals surface area (Å²) in [6.07, 6.45) is 11.8. The normalized spacial score (nSPS) is 23.3. The molecular formula is C28H35N. The van der Waals surface area contributed by atoms with Crippen LogP contribution in [0.2, 0.25) is 0 Å². The summed E-state index contributed by atoms with van der Waals surface area (Å²) in [5.74, 6) is 5.39. The topological polar surface area (TPSA) is 3.24 Å². The standard InChI is InChI=1S/C28H35N/c1-5-22(6-2)23-15-17-29(18-16-23)26-12-10-24(11-13-26)28-21(4)8-9-25-19-20(3)7-14-27(25)28/h1,7,10-14,19,21-23,28H,6,8-9,15-18H2,2-4H3. The van der Waals surface area contributed by atoms with Gasteiger partial charge in [-0.15, -0.1) is 12.3 Å². The SMILES string of the molecule is C#CC(CC)C1CCN(c2ccc(C3c4ccc(C)cc4CCC3C)cc2)CC1. The average Bonchev–Trinajstić information content (AvgIpc) is 2.75. The van der Waals surface area contributed by atoms with Crippen LogP contribution in [0.4, 0.5) is 5.69 Å². The number of terminal acetylenes is 1. The van der Waals surface area contributed by atoms with Gasteiger partial charge in [0.05, 0.1) is 0 Å². The number of hydrogen-bond donors (Lipinski definition) is 0. The molecule has 1 saturated heterocycles. The highest BCUT2D eigenvalue weighted by Crippen LogP contribution is 2.41. The van der Waals surface area contributed by atoms with E-state index in [1.807, 2.05) is 0 Å². The van der Waals surface area contributed by atoms with E-state index in [1.165, 1.54) is 42.5 Å². The summed E-state index contributed by atoms with van der Waals surface area (Å²) >= 11 is 0. The lowest BCUT2D eigenvalue weighted by Gasteiger charge is -2.36. The second-order valence-corrected chi connectivity index (χ2v) is 9.29. The van der Waals surface area contributed by atoms with Crippen LogP contribution in [0.15, 0.2) is 42.5 Å². The molecular weight excluding hydrogens is 350 g/mol. The average molecular weight is 386 g/mol. The first-order chi connectivity index (χ1) is 14.1. The van der Waals surface area contributed by atoms with Crippen LogP contribution in [0.1, 0.15) is 67.7 Å². The minimum atomic E-state index is 0.455. The summed E-state index contributed by atoms with van der Waals surface area (Å²) in [7, 11) is 0. The van der Waals surface area contributed by atoms with Crippen molar-refractivity contribution in [3.05, 3.63) is 64.7 Å². The van der Waals surface area contributed by atoms with E-state index in [0.717, 1.165) is 19.5 Å². The quantitative estimate of drug-likeness (QED) is 0.537. The van der Waals surface area contributed by atoms with Gasteiger partial charge in [0.2, 0.25) is 0 Å². The minimum Gasteiger partial charge on any atom is -0.372 e. The molecule has 0 radical (unpaired) electrons. The lowest BCUT2D eigenvalue weighted by atomic mass is 9.72. The van der Waals surface area contributed by atoms with Gasteiger partial charge in [0, 0.05) is 30.6 Å². The van der Waals surface area contributed by atoms with E-state index in [4.69, 9.17) is 6.42 Å². The van der Waals surface area contributed by atoms with Gasteiger partial charge < -0.3 is 4.90 Å². The number of benzene rings is 2. The number of fused-ring (bicyclic) bond motifs is 1. The predicted octanol–water partition coefficient (Wildman–Crippen LogP) is 6.59. The van der Waals surface area contributed by atoms with Crippen molar-refractivity contribution in [3.63, 3.8) is 0 Å². The van der Waals surface area contributed by atoms with Crippen LogP contribution >= 0.6 is 0 Å². The van der Waals surface area contributed by atoms with E-state index >= 15 is 0 Å². The highest BCUT2D eigenvalue weighted by molar-refractivity contribution is 5.51. The molecule has 3 atom stereocenters. The summed E-state index contributed by atoms with van der Waals surface area (Å²) in [4.78, 5) is 2.55. The van der Waals surface area contributed by atoms with Gasteiger partial charge in [-0.2, -0.15) is 0 Å². The Morgan fingerprint density at radius 1 is 1.07 bits per heavy atom. The van der Waals surface area contributed by atoms with Gasteiger partial charge in [0.25, 0.3) is 0 Å². The van der Waals surface area contributed by atoms with Crippen molar-refractivity contribution in [2.75, 3.05) is 18.0 Å². The molecule has 29 heavy (non-hydrogen) atoms. The fraction of sp³-hybridized carbons (Fsp3) is 0.500. The van der Waals surface area contributed by atoms with E-state index in [9.17, 15) is 0 Å². The molecule has 2 aromatic rings. The Morgan fingerprint density at radius 2 is 1.79 bits per heavy atom. The molecule has 1 heteroatoms. The smallest absolute Gasteiger partial charge is 0.0366 e. The highest BCUT2D eigenvalue weighted by Gasteiger charge is 2.28. The maximum atomic E-state index is 5.74. The van der Waals surface area contributed by atoms with Crippen LogP contribution in [0.5, 0.6) is 0 Å². The number of piperidine rings is 1. The molecule has 0 aromatic heterocycles. The largest absolute Gasteiger partial charge is 0.372 e. The number of hydrogen-bond acceptors (Lipinski definition) is 1. The first-order valence-electron chi connectivity index (χ1n) is 11.5. The first kappa shape index (κ1) is 20.1. The molecule has 4 rings (SSSR count). The Hall–Kier alpha value is -2.20. The van der Waals surface area contributed by atoms with Crippen molar-refractivity contribution >= 4 is 5.69 Å². The van der Waals surface area contributed by atoms with E-state index in [2.05, 4.69) is 74.1 Å². The van der Waals surface area contributed by atoms with Crippen molar-refractivity contribution in [2.45, 2.75) is 58.8 Å². The molecule has 152 valence electrons. The third kappa shape index (κ3) is 4.09. The Bertz CT molecular complexity index is 864. The van der Waals surface area contributed by atoms with Gasteiger partial charge in [-0.1, -0.05) is 49.7 Å². The third-order valence-electron chi connectivity index (χ3n) is 7.45. The monoisotopic (exact) mass is 385 g/mol. The van der Waals surface area contributed by atoms with E-state index in [0.29, 0.717) is 23.7 Å². The Labute approximate surface area is 177 Å². The summed E-state index contributed by atoms with van der Waals surface area (Å²) in [6, 6.07) is 16.5. The van der Waals surface area contributed by atoms with Crippen molar-refractivity contribution in [3.8, 4) is 12.3 Å². The maximum absolute atomic E-state index is 5.74. The zero-order valence-corrected chi connectivity index (χ0v) is 18.3. The summed E-state index contributed by atoms with van der Waals surface area (Å²) < 4.78 is 0. The highest BCUT2D eigenvalue weighted by atomic mass is 15.1. The van der Waals surface area contributed by atoms with Crippen molar-refractivity contribution < 1.29 is 0 Å².